The Labute approximate surface area is 160 Å². The summed E-state index contributed by atoms with van der Waals surface area (Å²) < 4.78 is 0. The Balaban J connectivity index is 1.45. The molecule has 1 unspecified atom stereocenters. The van der Waals surface area contributed by atoms with Crippen LogP contribution < -0.4 is 0 Å². The number of piperazine rings is 1. The van der Waals surface area contributed by atoms with Gasteiger partial charge in [-0.15, -0.1) is 11.8 Å². The minimum atomic E-state index is -0.173. The standard InChI is InChI=1S/C22H26N2OS/c25-22(24-15-13-23(14-16-24)17-18-11-12-18)21(19-7-3-1-4-8-19)26-20-9-5-2-6-10-20/h1-10,18,21H,11-17H2. The Bertz CT molecular complexity index is 709. The third-order valence-electron chi connectivity index (χ3n) is 5.22. The van der Waals surface area contributed by atoms with Gasteiger partial charge >= 0.3 is 0 Å². The molecule has 1 saturated heterocycles. The highest BCUT2D eigenvalue weighted by molar-refractivity contribution is 8.00. The van der Waals surface area contributed by atoms with Crippen molar-refractivity contribution in [1.82, 2.24) is 9.80 Å². The van der Waals surface area contributed by atoms with Crippen LogP contribution in [0, 0.1) is 5.92 Å². The van der Waals surface area contributed by atoms with E-state index in [1.54, 1.807) is 11.8 Å². The van der Waals surface area contributed by atoms with Gasteiger partial charge in [-0.2, -0.15) is 0 Å². The highest BCUT2D eigenvalue weighted by Crippen LogP contribution is 2.37. The fourth-order valence-electron chi connectivity index (χ4n) is 3.51. The molecular weight excluding hydrogens is 340 g/mol. The molecule has 1 aliphatic heterocycles. The number of benzene rings is 2. The molecule has 3 nitrogen and oxygen atoms in total. The Morgan fingerprint density at radius 2 is 1.54 bits per heavy atom. The van der Waals surface area contributed by atoms with Gasteiger partial charge in [-0.1, -0.05) is 48.5 Å². The number of carbonyl (C=O) groups is 1. The molecule has 2 aromatic rings. The van der Waals surface area contributed by atoms with Gasteiger partial charge in [-0.25, -0.2) is 0 Å². The Hall–Kier alpha value is -1.78. The average molecular weight is 367 g/mol. The van der Waals surface area contributed by atoms with Crippen molar-refractivity contribution in [3.8, 4) is 0 Å². The van der Waals surface area contributed by atoms with Gasteiger partial charge in [0.1, 0.15) is 5.25 Å². The van der Waals surface area contributed by atoms with Crippen molar-refractivity contribution in [2.24, 2.45) is 5.92 Å². The predicted molar refractivity (Wildman–Crippen MR) is 107 cm³/mol. The molecule has 2 aromatic carbocycles. The zero-order valence-corrected chi connectivity index (χ0v) is 15.9. The van der Waals surface area contributed by atoms with Crippen molar-refractivity contribution in [1.29, 1.82) is 0 Å². The average Bonchev–Trinajstić information content (AvgIpc) is 3.52. The van der Waals surface area contributed by atoms with Crippen LogP contribution in [0.3, 0.4) is 0 Å². The van der Waals surface area contributed by atoms with E-state index in [1.807, 2.05) is 36.4 Å². The van der Waals surface area contributed by atoms with Crippen LogP contribution in [0.15, 0.2) is 65.6 Å². The number of hydrogen-bond donors (Lipinski definition) is 0. The molecule has 4 rings (SSSR count). The van der Waals surface area contributed by atoms with E-state index in [9.17, 15) is 4.79 Å². The predicted octanol–water partition coefficient (Wildman–Crippen LogP) is 4.07. The number of thioether (sulfide) groups is 1. The lowest BCUT2D eigenvalue weighted by molar-refractivity contribution is -0.132. The van der Waals surface area contributed by atoms with Crippen molar-refractivity contribution >= 4 is 17.7 Å². The summed E-state index contributed by atoms with van der Waals surface area (Å²) in [7, 11) is 0. The lowest BCUT2D eigenvalue weighted by atomic mass is 10.1. The first-order chi connectivity index (χ1) is 12.8. The van der Waals surface area contributed by atoms with E-state index in [0.29, 0.717) is 0 Å². The number of rotatable bonds is 6. The summed E-state index contributed by atoms with van der Waals surface area (Å²) >= 11 is 1.66. The first-order valence-electron chi connectivity index (χ1n) is 9.57. The first kappa shape index (κ1) is 17.6. The summed E-state index contributed by atoms with van der Waals surface area (Å²) in [6.07, 6.45) is 2.78. The zero-order valence-electron chi connectivity index (χ0n) is 15.1. The second kappa shape index (κ2) is 8.28. The second-order valence-electron chi connectivity index (χ2n) is 7.29. The Morgan fingerprint density at radius 3 is 2.15 bits per heavy atom. The second-order valence-corrected chi connectivity index (χ2v) is 8.47. The quantitative estimate of drug-likeness (QED) is 0.720. The highest BCUT2D eigenvalue weighted by atomic mass is 32.2. The zero-order chi connectivity index (χ0) is 17.8. The van der Waals surface area contributed by atoms with E-state index < -0.39 is 0 Å². The molecule has 0 radical (unpaired) electrons. The number of nitrogens with zero attached hydrogens (tertiary/aromatic N) is 2. The molecule has 136 valence electrons. The summed E-state index contributed by atoms with van der Waals surface area (Å²) in [4.78, 5) is 19.1. The van der Waals surface area contributed by atoms with E-state index in [2.05, 4.69) is 34.1 Å². The Morgan fingerprint density at radius 1 is 0.923 bits per heavy atom. The van der Waals surface area contributed by atoms with Gasteiger partial charge in [-0.05, 0) is 36.5 Å². The minimum absolute atomic E-state index is 0.173. The van der Waals surface area contributed by atoms with Crippen LogP contribution in [-0.2, 0) is 4.79 Å². The summed E-state index contributed by atoms with van der Waals surface area (Å²) in [5.74, 6) is 1.17. The molecule has 2 aliphatic rings. The monoisotopic (exact) mass is 366 g/mol. The molecule has 1 heterocycles. The van der Waals surface area contributed by atoms with Crippen LogP contribution in [-0.4, -0.2) is 48.4 Å². The van der Waals surface area contributed by atoms with Gasteiger partial charge in [0, 0.05) is 37.6 Å². The maximum absolute atomic E-state index is 13.3. The van der Waals surface area contributed by atoms with Crippen LogP contribution in [0.5, 0.6) is 0 Å². The third-order valence-corrected chi connectivity index (χ3v) is 6.47. The van der Waals surface area contributed by atoms with E-state index >= 15 is 0 Å². The van der Waals surface area contributed by atoms with E-state index in [1.165, 1.54) is 19.4 Å². The Kier molecular flexibility index (Phi) is 5.61. The van der Waals surface area contributed by atoms with E-state index in [4.69, 9.17) is 0 Å². The molecule has 26 heavy (non-hydrogen) atoms. The number of amides is 1. The topological polar surface area (TPSA) is 23.6 Å². The van der Waals surface area contributed by atoms with Crippen molar-refractivity contribution < 1.29 is 4.79 Å². The summed E-state index contributed by atoms with van der Waals surface area (Å²) in [6.45, 7) is 4.96. The maximum atomic E-state index is 13.3. The molecular formula is C22H26N2OS. The number of hydrogen-bond acceptors (Lipinski definition) is 3. The molecule has 2 fully saturated rings. The summed E-state index contributed by atoms with van der Waals surface area (Å²) in [5, 5.41) is -0.173. The largest absolute Gasteiger partial charge is 0.339 e. The fraction of sp³-hybridized carbons (Fsp3) is 0.409. The van der Waals surface area contributed by atoms with Gasteiger partial charge in [0.05, 0.1) is 0 Å². The molecule has 0 spiro atoms. The first-order valence-corrected chi connectivity index (χ1v) is 10.5. The van der Waals surface area contributed by atoms with Crippen LogP contribution in [0.4, 0.5) is 0 Å². The van der Waals surface area contributed by atoms with Gasteiger partial charge in [0.2, 0.25) is 5.91 Å². The SMILES string of the molecule is O=C(C(Sc1ccccc1)c1ccccc1)N1CCN(CC2CC2)CC1. The van der Waals surface area contributed by atoms with E-state index in [-0.39, 0.29) is 11.2 Å². The number of carbonyl (C=O) groups excluding carboxylic acids is 1. The molecule has 1 aliphatic carbocycles. The molecule has 0 aromatic heterocycles. The molecule has 1 atom stereocenters. The van der Waals surface area contributed by atoms with Gasteiger partial charge in [0.15, 0.2) is 0 Å². The maximum Gasteiger partial charge on any atom is 0.240 e. The lowest BCUT2D eigenvalue weighted by Crippen LogP contribution is -2.50. The van der Waals surface area contributed by atoms with Gasteiger partial charge in [0.25, 0.3) is 0 Å². The minimum Gasteiger partial charge on any atom is -0.339 e. The van der Waals surface area contributed by atoms with Crippen molar-refractivity contribution in [3.63, 3.8) is 0 Å². The lowest BCUT2D eigenvalue weighted by Gasteiger charge is -2.36. The van der Waals surface area contributed by atoms with Crippen molar-refractivity contribution in [2.75, 3.05) is 32.7 Å². The smallest absolute Gasteiger partial charge is 0.240 e. The third kappa shape index (κ3) is 4.49. The molecule has 1 saturated carbocycles. The van der Waals surface area contributed by atoms with Crippen LogP contribution in [0.1, 0.15) is 23.7 Å². The fourth-order valence-corrected chi connectivity index (χ4v) is 4.64. The van der Waals surface area contributed by atoms with Gasteiger partial charge < -0.3 is 4.90 Å². The molecule has 4 heteroatoms. The van der Waals surface area contributed by atoms with Crippen LogP contribution in [0.25, 0.3) is 0 Å². The van der Waals surface area contributed by atoms with Crippen LogP contribution in [0.2, 0.25) is 0 Å². The molecule has 0 bridgehead atoms. The van der Waals surface area contributed by atoms with Crippen molar-refractivity contribution in [2.45, 2.75) is 23.0 Å². The summed E-state index contributed by atoms with van der Waals surface area (Å²) in [5.41, 5.74) is 1.09. The normalized spacial score (nSPS) is 19.3. The van der Waals surface area contributed by atoms with Gasteiger partial charge in [-0.3, -0.25) is 9.69 Å². The van der Waals surface area contributed by atoms with Crippen LogP contribution >= 0.6 is 11.8 Å². The van der Waals surface area contributed by atoms with Crippen molar-refractivity contribution in [3.05, 3.63) is 66.2 Å². The summed E-state index contributed by atoms with van der Waals surface area (Å²) in [6, 6.07) is 20.4. The van der Waals surface area contributed by atoms with E-state index in [0.717, 1.165) is 42.6 Å². The molecule has 0 N–H and O–H groups in total. The molecule has 1 amide bonds. The highest BCUT2D eigenvalue weighted by Gasteiger charge is 2.31.